The van der Waals surface area contributed by atoms with Gasteiger partial charge in [0, 0.05) is 54.8 Å². The summed E-state index contributed by atoms with van der Waals surface area (Å²) in [6.07, 6.45) is 8.50. The highest BCUT2D eigenvalue weighted by Crippen LogP contribution is 2.24. The number of fused-ring (bicyclic) bond motifs is 2. The monoisotopic (exact) mass is 635 g/mol. The van der Waals surface area contributed by atoms with Crippen LogP contribution in [-0.4, -0.2) is 72.3 Å². The van der Waals surface area contributed by atoms with E-state index in [-0.39, 0.29) is 5.97 Å². The Morgan fingerprint density at radius 3 is 2.51 bits per heavy atom. The van der Waals surface area contributed by atoms with Crippen LogP contribution in [-0.2, 0) is 16.0 Å². The van der Waals surface area contributed by atoms with Crippen LogP contribution < -0.4 is 20.9 Å². The fourth-order valence-electron chi connectivity index (χ4n) is 5.52. The van der Waals surface area contributed by atoms with E-state index in [1.807, 2.05) is 54.7 Å². The van der Waals surface area contributed by atoms with Crippen molar-refractivity contribution in [2.75, 3.05) is 57.2 Å². The van der Waals surface area contributed by atoms with E-state index >= 15 is 0 Å². The van der Waals surface area contributed by atoms with Crippen LogP contribution in [0.15, 0.2) is 91.4 Å². The minimum absolute atomic E-state index is 0.163. The highest BCUT2D eigenvalue weighted by atomic mass is 16.5. The number of hydrazine groups is 1. The first-order valence-electron chi connectivity index (χ1n) is 16.5. The first-order chi connectivity index (χ1) is 23.2. The van der Waals surface area contributed by atoms with Crippen LogP contribution in [0.4, 0.5) is 11.5 Å². The number of aromatic nitrogens is 3. The lowest BCUT2D eigenvalue weighted by molar-refractivity contribution is -0.140. The van der Waals surface area contributed by atoms with Crippen molar-refractivity contribution in [3.8, 4) is 5.75 Å². The van der Waals surface area contributed by atoms with Gasteiger partial charge in [0.25, 0.3) is 0 Å². The molecule has 0 radical (unpaired) electrons. The number of nitrogens with one attached hydrogen (secondary N) is 3. The molecule has 10 nitrogen and oxygen atoms in total. The maximum atomic E-state index is 11.7. The number of hydrogen-bond donors (Lipinski definition) is 3. The number of para-hydroxylation sites is 1. The standard InChI is InChI=1S/C37H45N7O3/c1-46-36(45)15-9-24-44(23-8-7-20-38-34-19-21-39-33-14-6-5-13-31(33)34)25-10-26-47-30-16-17-32-35(27-30)40-28-41-37(32)43-42-22-18-29-11-3-2-4-12-29/h2-6,11-14,16-17,19,21,27-28,42H,7-10,15,18,20,22-26H2,1H3,(H,38,39)(H,40,41,43). The van der Waals surface area contributed by atoms with E-state index in [0.29, 0.717) is 13.0 Å². The first kappa shape index (κ1) is 33.6. The molecule has 0 fully saturated rings. The maximum absolute atomic E-state index is 11.7. The molecule has 0 atom stereocenters. The molecule has 3 aromatic carbocycles. The molecule has 5 rings (SSSR count). The number of rotatable bonds is 20. The molecule has 2 heterocycles. The van der Waals surface area contributed by atoms with Gasteiger partial charge in [-0.2, -0.15) is 0 Å². The summed E-state index contributed by atoms with van der Waals surface area (Å²) < 4.78 is 11.0. The molecule has 246 valence electrons. The van der Waals surface area contributed by atoms with Gasteiger partial charge >= 0.3 is 5.97 Å². The van der Waals surface area contributed by atoms with Gasteiger partial charge in [0.05, 0.1) is 24.8 Å². The summed E-state index contributed by atoms with van der Waals surface area (Å²) in [4.78, 5) is 27.4. The number of pyridine rings is 1. The summed E-state index contributed by atoms with van der Waals surface area (Å²) in [5.74, 6) is 1.36. The number of benzene rings is 3. The van der Waals surface area contributed by atoms with Gasteiger partial charge in [-0.1, -0.05) is 48.5 Å². The van der Waals surface area contributed by atoms with Crippen LogP contribution in [0.5, 0.6) is 5.75 Å². The average molecular weight is 636 g/mol. The van der Waals surface area contributed by atoms with Crippen molar-refractivity contribution in [3.05, 3.63) is 97.0 Å². The molecule has 0 bridgehead atoms. The Morgan fingerprint density at radius 2 is 1.62 bits per heavy atom. The van der Waals surface area contributed by atoms with Gasteiger partial charge < -0.3 is 25.1 Å². The molecule has 0 saturated heterocycles. The average Bonchev–Trinajstić information content (AvgIpc) is 3.11. The zero-order chi connectivity index (χ0) is 32.5. The number of hydrogen-bond acceptors (Lipinski definition) is 10. The summed E-state index contributed by atoms with van der Waals surface area (Å²) in [7, 11) is 1.44. The molecular weight excluding hydrogens is 590 g/mol. The Morgan fingerprint density at radius 1 is 0.787 bits per heavy atom. The van der Waals surface area contributed by atoms with E-state index < -0.39 is 0 Å². The van der Waals surface area contributed by atoms with Crippen LogP contribution in [0, 0.1) is 0 Å². The second kappa shape index (κ2) is 18.4. The van der Waals surface area contributed by atoms with E-state index in [1.165, 1.54) is 12.7 Å². The van der Waals surface area contributed by atoms with Gasteiger partial charge in [-0.15, -0.1) is 0 Å². The SMILES string of the molecule is COC(=O)CCCN(CCCCNc1ccnc2ccccc12)CCCOc1ccc2c(NNCCc3ccccc3)ncnc2c1. The molecule has 0 saturated carbocycles. The van der Waals surface area contributed by atoms with Crippen LogP contribution in [0.3, 0.4) is 0 Å². The molecule has 0 amide bonds. The molecule has 3 N–H and O–H groups in total. The van der Waals surface area contributed by atoms with Crippen molar-refractivity contribution in [1.82, 2.24) is 25.3 Å². The van der Waals surface area contributed by atoms with E-state index in [1.54, 1.807) is 6.33 Å². The first-order valence-corrected chi connectivity index (χ1v) is 16.5. The second-order valence-electron chi connectivity index (χ2n) is 11.4. The normalized spacial score (nSPS) is 11.2. The minimum Gasteiger partial charge on any atom is -0.493 e. The molecule has 0 aliphatic rings. The molecule has 0 unspecified atom stereocenters. The highest BCUT2D eigenvalue weighted by Gasteiger charge is 2.09. The lowest BCUT2D eigenvalue weighted by atomic mass is 10.2. The zero-order valence-corrected chi connectivity index (χ0v) is 27.2. The van der Waals surface area contributed by atoms with Crippen molar-refractivity contribution in [2.24, 2.45) is 0 Å². The molecule has 2 aromatic heterocycles. The van der Waals surface area contributed by atoms with E-state index in [9.17, 15) is 4.79 Å². The topological polar surface area (TPSA) is 114 Å². The van der Waals surface area contributed by atoms with Gasteiger partial charge in [0.2, 0.25) is 0 Å². The zero-order valence-electron chi connectivity index (χ0n) is 27.2. The quantitative estimate of drug-likeness (QED) is 0.0515. The molecule has 5 aromatic rings. The highest BCUT2D eigenvalue weighted by molar-refractivity contribution is 5.91. The van der Waals surface area contributed by atoms with Gasteiger partial charge in [0.15, 0.2) is 5.82 Å². The lowest BCUT2D eigenvalue weighted by Gasteiger charge is -2.22. The number of methoxy groups -OCH3 is 1. The molecule has 0 aliphatic heterocycles. The molecule has 0 aliphatic carbocycles. The van der Waals surface area contributed by atoms with Crippen LogP contribution in [0.25, 0.3) is 21.8 Å². The molecule has 47 heavy (non-hydrogen) atoms. The number of unbranched alkanes of at least 4 members (excludes halogenated alkanes) is 1. The van der Waals surface area contributed by atoms with Crippen molar-refractivity contribution >= 4 is 39.3 Å². The third-order valence-corrected chi connectivity index (χ3v) is 8.03. The van der Waals surface area contributed by atoms with Gasteiger partial charge in [-0.25, -0.2) is 15.4 Å². The Kier molecular flexibility index (Phi) is 13.1. The predicted octanol–water partition coefficient (Wildman–Crippen LogP) is 6.25. The smallest absolute Gasteiger partial charge is 0.305 e. The van der Waals surface area contributed by atoms with Crippen molar-refractivity contribution in [3.63, 3.8) is 0 Å². The fourth-order valence-corrected chi connectivity index (χ4v) is 5.52. The number of carbonyl (C=O) groups is 1. The second-order valence-corrected chi connectivity index (χ2v) is 11.4. The third-order valence-electron chi connectivity index (χ3n) is 8.03. The lowest BCUT2D eigenvalue weighted by Crippen LogP contribution is -2.29. The van der Waals surface area contributed by atoms with E-state index in [0.717, 1.165) is 104 Å². The number of anilines is 2. The molecule has 10 heteroatoms. The van der Waals surface area contributed by atoms with Gasteiger partial charge in [-0.3, -0.25) is 9.78 Å². The predicted molar refractivity (Wildman–Crippen MR) is 189 cm³/mol. The van der Waals surface area contributed by atoms with Crippen LogP contribution in [0.2, 0.25) is 0 Å². The van der Waals surface area contributed by atoms with Crippen LogP contribution >= 0.6 is 0 Å². The summed E-state index contributed by atoms with van der Waals surface area (Å²) in [5, 5.41) is 5.64. The minimum atomic E-state index is -0.163. The van der Waals surface area contributed by atoms with Crippen molar-refractivity contribution < 1.29 is 14.3 Å². The Labute approximate surface area is 276 Å². The Bertz CT molecular complexity index is 1680. The number of esters is 1. The Balaban J connectivity index is 1.05. The van der Waals surface area contributed by atoms with Gasteiger partial charge in [0.1, 0.15) is 12.1 Å². The summed E-state index contributed by atoms with van der Waals surface area (Å²) in [6, 6.07) is 26.5. The van der Waals surface area contributed by atoms with Gasteiger partial charge in [-0.05, 0) is 75.0 Å². The van der Waals surface area contributed by atoms with Crippen molar-refractivity contribution in [1.29, 1.82) is 0 Å². The summed E-state index contributed by atoms with van der Waals surface area (Å²) in [5.41, 5.74) is 10.7. The number of ether oxygens (including phenoxy) is 2. The van der Waals surface area contributed by atoms with Crippen molar-refractivity contribution in [2.45, 2.75) is 38.5 Å². The Hall–Kier alpha value is -4.80. The largest absolute Gasteiger partial charge is 0.493 e. The molecular formula is C37H45N7O3. The fraction of sp³-hybridized carbons (Fsp3) is 0.351. The summed E-state index contributed by atoms with van der Waals surface area (Å²) in [6.45, 7) is 4.95. The van der Waals surface area contributed by atoms with Crippen LogP contribution in [0.1, 0.15) is 37.7 Å². The van der Waals surface area contributed by atoms with E-state index in [2.05, 4.69) is 66.4 Å². The van der Waals surface area contributed by atoms with E-state index in [4.69, 9.17) is 9.47 Å². The summed E-state index contributed by atoms with van der Waals surface area (Å²) >= 11 is 0. The molecule has 0 spiro atoms. The maximum Gasteiger partial charge on any atom is 0.305 e. The number of nitrogens with zero attached hydrogens (tertiary/aromatic N) is 4. The third kappa shape index (κ3) is 10.6. The number of carbonyl (C=O) groups excluding carboxylic acids is 1.